The zero-order valence-corrected chi connectivity index (χ0v) is 14.6. The zero-order chi connectivity index (χ0) is 19.7. The van der Waals surface area contributed by atoms with Crippen molar-refractivity contribution in [3.8, 4) is 17.5 Å². The fraction of sp³-hybridized carbons (Fsp3) is 0.0526. The van der Waals surface area contributed by atoms with E-state index in [4.69, 9.17) is 10.00 Å². The number of hydrogen-bond acceptors (Lipinski definition) is 6. The molecule has 2 N–H and O–H groups in total. The van der Waals surface area contributed by atoms with Crippen molar-refractivity contribution in [3.05, 3.63) is 70.5 Å². The summed E-state index contributed by atoms with van der Waals surface area (Å²) in [4.78, 5) is 20.4. The van der Waals surface area contributed by atoms with Gasteiger partial charge in [0.05, 0.1) is 35.5 Å². The second-order valence-electron chi connectivity index (χ2n) is 5.85. The third-order valence-electron chi connectivity index (χ3n) is 4.13. The van der Waals surface area contributed by atoms with Crippen LogP contribution in [0.4, 0.5) is 16.0 Å². The Bertz CT molecular complexity index is 1270. The van der Waals surface area contributed by atoms with Gasteiger partial charge in [0, 0.05) is 18.3 Å². The molecule has 4 aromatic rings. The predicted molar refractivity (Wildman–Crippen MR) is 100 cm³/mol. The van der Waals surface area contributed by atoms with Crippen molar-refractivity contribution in [2.75, 3.05) is 12.4 Å². The molecule has 0 spiro atoms. The van der Waals surface area contributed by atoms with Gasteiger partial charge in [-0.25, -0.2) is 14.4 Å². The fourth-order valence-corrected chi connectivity index (χ4v) is 2.79. The second-order valence-corrected chi connectivity index (χ2v) is 5.85. The zero-order valence-electron chi connectivity index (χ0n) is 14.6. The first kappa shape index (κ1) is 17.2. The molecule has 0 aliphatic heterocycles. The normalized spacial score (nSPS) is 10.6. The van der Waals surface area contributed by atoms with Crippen molar-refractivity contribution in [1.82, 2.24) is 19.7 Å². The van der Waals surface area contributed by atoms with Crippen molar-refractivity contribution >= 4 is 22.5 Å². The number of anilines is 2. The van der Waals surface area contributed by atoms with Crippen LogP contribution in [0.1, 0.15) is 5.56 Å². The van der Waals surface area contributed by atoms with Gasteiger partial charge in [0.15, 0.2) is 0 Å². The summed E-state index contributed by atoms with van der Waals surface area (Å²) >= 11 is 0. The standard InChI is InChI=1S/C19H13FN6O2/c1-28-16-6-13(4-2-11(16)8-21)26-15-7-18(23-10-14(15)19(27)25-26)24-17-5-3-12(20)9-22-17/h2-7,9-10H,1H3,(H,25,27)(H,22,23,24). The van der Waals surface area contributed by atoms with Gasteiger partial charge in [-0.1, -0.05) is 0 Å². The Morgan fingerprint density at radius 3 is 2.71 bits per heavy atom. The number of aromatic amines is 1. The van der Waals surface area contributed by atoms with Gasteiger partial charge < -0.3 is 10.1 Å². The summed E-state index contributed by atoms with van der Waals surface area (Å²) in [6.07, 6.45) is 2.54. The van der Waals surface area contributed by atoms with E-state index in [2.05, 4.69) is 20.4 Å². The van der Waals surface area contributed by atoms with Crippen LogP contribution in [0.3, 0.4) is 0 Å². The Hall–Kier alpha value is -4.19. The number of halogens is 1. The van der Waals surface area contributed by atoms with Crippen LogP contribution in [-0.4, -0.2) is 26.9 Å². The van der Waals surface area contributed by atoms with E-state index in [0.29, 0.717) is 39.5 Å². The molecule has 0 saturated carbocycles. The molecule has 3 heterocycles. The van der Waals surface area contributed by atoms with E-state index in [1.54, 1.807) is 28.9 Å². The van der Waals surface area contributed by atoms with E-state index in [0.717, 1.165) is 6.20 Å². The number of nitrogens with zero attached hydrogens (tertiary/aromatic N) is 4. The van der Waals surface area contributed by atoms with Crippen LogP contribution < -0.4 is 15.6 Å². The van der Waals surface area contributed by atoms with Gasteiger partial charge in [-0.05, 0) is 24.3 Å². The van der Waals surface area contributed by atoms with Crippen molar-refractivity contribution < 1.29 is 9.13 Å². The summed E-state index contributed by atoms with van der Waals surface area (Å²) in [6, 6.07) is 11.4. The van der Waals surface area contributed by atoms with Crippen LogP contribution in [0.25, 0.3) is 16.6 Å². The lowest BCUT2D eigenvalue weighted by molar-refractivity contribution is 0.413. The highest BCUT2D eigenvalue weighted by atomic mass is 19.1. The summed E-state index contributed by atoms with van der Waals surface area (Å²) in [5.74, 6) is 0.798. The summed E-state index contributed by atoms with van der Waals surface area (Å²) in [5.41, 5.74) is 1.25. The number of fused-ring (bicyclic) bond motifs is 1. The smallest absolute Gasteiger partial charge is 0.273 e. The Kier molecular flexibility index (Phi) is 4.21. The summed E-state index contributed by atoms with van der Waals surface area (Å²) in [5, 5.41) is 15.2. The minimum atomic E-state index is -0.441. The maximum absolute atomic E-state index is 13.0. The number of pyridine rings is 2. The van der Waals surface area contributed by atoms with Crippen molar-refractivity contribution in [3.63, 3.8) is 0 Å². The molecule has 0 amide bonds. The van der Waals surface area contributed by atoms with Gasteiger partial charge in [0.25, 0.3) is 5.56 Å². The maximum atomic E-state index is 13.0. The first-order valence-electron chi connectivity index (χ1n) is 8.17. The van der Waals surface area contributed by atoms with Gasteiger partial charge in [-0.3, -0.25) is 14.6 Å². The maximum Gasteiger partial charge on any atom is 0.273 e. The molecule has 0 aliphatic carbocycles. The van der Waals surface area contributed by atoms with Gasteiger partial charge in [0.2, 0.25) is 0 Å². The highest BCUT2D eigenvalue weighted by molar-refractivity contribution is 5.82. The number of methoxy groups -OCH3 is 1. The number of rotatable bonds is 4. The molecule has 0 bridgehead atoms. The topological polar surface area (TPSA) is 109 Å². The first-order chi connectivity index (χ1) is 13.6. The van der Waals surface area contributed by atoms with Crippen LogP contribution >= 0.6 is 0 Å². The number of benzene rings is 1. The van der Waals surface area contributed by atoms with Crippen LogP contribution in [0.5, 0.6) is 5.75 Å². The lowest BCUT2D eigenvalue weighted by Crippen LogP contribution is -2.04. The van der Waals surface area contributed by atoms with Gasteiger partial charge in [-0.2, -0.15) is 5.26 Å². The van der Waals surface area contributed by atoms with Crippen LogP contribution in [0, 0.1) is 17.1 Å². The minimum Gasteiger partial charge on any atom is -0.495 e. The third kappa shape index (κ3) is 3.03. The fourth-order valence-electron chi connectivity index (χ4n) is 2.79. The molecule has 9 heteroatoms. The van der Waals surface area contributed by atoms with E-state index in [-0.39, 0.29) is 5.56 Å². The molecular weight excluding hydrogens is 363 g/mol. The summed E-state index contributed by atoms with van der Waals surface area (Å²) < 4.78 is 19.8. The molecule has 8 nitrogen and oxygen atoms in total. The van der Waals surface area contributed by atoms with Gasteiger partial charge in [0.1, 0.15) is 29.3 Å². The average molecular weight is 376 g/mol. The average Bonchev–Trinajstić information content (AvgIpc) is 3.05. The number of hydrogen-bond donors (Lipinski definition) is 2. The first-order valence-corrected chi connectivity index (χ1v) is 8.17. The molecule has 4 rings (SSSR count). The van der Waals surface area contributed by atoms with Crippen molar-refractivity contribution in [1.29, 1.82) is 5.26 Å². The highest BCUT2D eigenvalue weighted by Crippen LogP contribution is 2.24. The van der Waals surface area contributed by atoms with E-state index in [1.807, 2.05) is 6.07 Å². The molecule has 28 heavy (non-hydrogen) atoms. The highest BCUT2D eigenvalue weighted by Gasteiger charge is 2.12. The molecule has 0 saturated heterocycles. The Labute approximate surface area is 157 Å². The van der Waals surface area contributed by atoms with Crippen molar-refractivity contribution in [2.45, 2.75) is 0 Å². The van der Waals surface area contributed by atoms with Crippen LogP contribution in [0.15, 0.2) is 53.6 Å². The molecule has 1 aromatic carbocycles. The number of H-pyrrole nitrogens is 1. The summed E-state index contributed by atoms with van der Waals surface area (Å²) in [7, 11) is 1.47. The van der Waals surface area contributed by atoms with Crippen LogP contribution in [-0.2, 0) is 0 Å². The van der Waals surface area contributed by atoms with Crippen LogP contribution in [0.2, 0.25) is 0 Å². The lowest BCUT2D eigenvalue weighted by Gasteiger charge is -2.09. The molecule has 138 valence electrons. The Morgan fingerprint density at radius 2 is 2.00 bits per heavy atom. The van der Waals surface area contributed by atoms with E-state index in [1.165, 1.54) is 25.4 Å². The minimum absolute atomic E-state index is 0.308. The third-order valence-corrected chi connectivity index (χ3v) is 4.13. The molecule has 0 unspecified atom stereocenters. The van der Waals surface area contributed by atoms with Gasteiger partial charge >= 0.3 is 0 Å². The molecular formula is C19H13FN6O2. The predicted octanol–water partition coefficient (Wildman–Crippen LogP) is 2.87. The number of aromatic nitrogens is 4. The molecule has 0 fully saturated rings. The Morgan fingerprint density at radius 1 is 1.18 bits per heavy atom. The number of nitrogens with one attached hydrogen (secondary N) is 2. The molecule has 0 atom stereocenters. The molecule has 0 aliphatic rings. The SMILES string of the molecule is COc1cc(-n2[nH]c(=O)c3cnc(Nc4ccc(F)cn4)cc32)ccc1C#N. The second kappa shape index (κ2) is 6.85. The quantitative estimate of drug-likeness (QED) is 0.567. The van der Waals surface area contributed by atoms with Crippen molar-refractivity contribution in [2.24, 2.45) is 0 Å². The number of nitriles is 1. The van der Waals surface area contributed by atoms with E-state index in [9.17, 15) is 9.18 Å². The van der Waals surface area contributed by atoms with Gasteiger partial charge in [-0.15, -0.1) is 0 Å². The monoisotopic (exact) mass is 376 g/mol. The largest absolute Gasteiger partial charge is 0.495 e. The lowest BCUT2D eigenvalue weighted by atomic mass is 10.2. The molecule has 3 aromatic heterocycles. The van der Waals surface area contributed by atoms with E-state index >= 15 is 0 Å². The molecule has 0 radical (unpaired) electrons. The Balaban J connectivity index is 1.80. The number of ether oxygens (including phenoxy) is 1. The summed E-state index contributed by atoms with van der Waals surface area (Å²) in [6.45, 7) is 0. The van der Waals surface area contributed by atoms with E-state index < -0.39 is 5.82 Å².